The van der Waals surface area contributed by atoms with Crippen LogP contribution in [0.2, 0.25) is 10.0 Å². The summed E-state index contributed by atoms with van der Waals surface area (Å²) in [5, 5.41) is 7.11. The fourth-order valence-electron chi connectivity index (χ4n) is 6.37. The molecular formula is C42H38Cl2F2N6O2. The van der Waals surface area contributed by atoms with Gasteiger partial charge in [-0.1, -0.05) is 65.7 Å². The third-order valence-electron chi connectivity index (χ3n) is 9.28. The van der Waals surface area contributed by atoms with Crippen molar-refractivity contribution in [2.24, 2.45) is 0 Å². The zero-order chi connectivity index (χ0) is 37.8. The van der Waals surface area contributed by atoms with Gasteiger partial charge in [0.05, 0.1) is 10.7 Å². The number of aromatic nitrogens is 2. The molecule has 0 bridgehead atoms. The fraction of sp³-hybridized carbons (Fsp3) is 0.190. The molecule has 54 heavy (non-hydrogen) atoms. The molecule has 276 valence electrons. The smallest absolute Gasteiger partial charge is 0.173 e. The van der Waals surface area contributed by atoms with Gasteiger partial charge in [-0.3, -0.25) is 0 Å². The van der Waals surface area contributed by atoms with Crippen LogP contribution < -0.4 is 30.7 Å². The van der Waals surface area contributed by atoms with Crippen molar-refractivity contribution in [1.82, 2.24) is 15.3 Å². The van der Waals surface area contributed by atoms with E-state index in [0.717, 1.165) is 54.1 Å². The highest BCUT2D eigenvalue weighted by Crippen LogP contribution is 2.40. The minimum absolute atomic E-state index is 0.185. The number of hydrogen-bond acceptors (Lipinski definition) is 8. The number of halogens is 4. The third-order valence-corrected chi connectivity index (χ3v) is 10.1. The van der Waals surface area contributed by atoms with Crippen molar-refractivity contribution < 1.29 is 18.3 Å². The number of nitrogen functional groups attached to an aromatic ring is 1. The average molecular weight is 768 g/mol. The number of nitrogens with zero attached hydrogens (tertiary/aromatic N) is 3. The number of rotatable bonds is 11. The maximum absolute atomic E-state index is 15.3. The van der Waals surface area contributed by atoms with Gasteiger partial charge in [0.2, 0.25) is 0 Å². The summed E-state index contributed by atoms with van der Waals surface area (Å²) in [5.41, 5.74) is 11.8. The molecule has 1 aliphatic rings. The first-order chi connectivity index (χ1) is 26.1. The summed E-state index contributed by atoms with van der Waals surface area (Å²) in [6.45, 7) is 7.25. The Bertz CT molecular complexity index is 2260. The standard InChI is InChI=1S/C42H38Cl2F2N6O2/c1-25(34-20-31(45)10-13-36(34)43)54-39-19-30(28-8-11-33(12-9-28)52-16-14-48-15-17-52)24-50-42(39)51-37-22-32(46)21-35(40(37)44)26(2)53-38-18-29(23-49-41(38)47)27-6-4-3-5-7-27/h3-13,18-26,48H,14-17H2,1-2H3,(H2,47,49)(H,50,51). The number of benzene rings is 4. The molecule has 2 unspecified atom stereocenters. The number of pyridine rings is 2. The number of piperazine rings is 1. The SMILES string of the molecule is CC(Oc1cc(-c2ccc(N3CCNCC3)cc2)cnc1Nc1cc(F)cc(C(C)Oc2cc(-c3ccccc3)cnc2N)c1Cl)c1cc(F)ccc1Cl. The van der Waals surface area contributed by atoms with E-state index in [1.165, 1.54) is 30.3 Å². The number of ether oxygens (including phenoxy) is 2. The number of hydrogen-bond donors (Lipinski definition) is 3. The monoisotopic (exact) mass is 766 g/mol. The Balaban J connectivity index is 1.19. The Morgan fingerprint density at radius 2 is 1.35 bits per heavy atom. The molecule has 0 saturated carbocycles. The molecular weight excluding hydrogens is 729 g/mol. The predicted molar refractivity (Wildman–Crippen MR) is 213 cm³/mol. The van der Waals surface area contributed by atoms with Gasteiger partial charge in [-0.05, 0) is 79.6 Å². The van der Waals surface area contributed by atoms with Crippen LogP contribution in [-0.4, -0.2) is 36.1 Å². The summed E-state index contributed by atoms with van der Waals surface area (Å²) in [6.07, 6.45) is 1.96. The number of nitrogens with one attached hydrogen (secondary N) is 2. The molecule has 2 atom stereocenters. The van der Waals surface area contributed by atoms with Gasteiger partial charge in [-0.15, -0.1) is 0 Å². The van der Waals surface area contributed by atoms with Gasteiger partial charge in [-0.25, -0.2) is 18.7 Å². The minimum Gasteiger partial charge on any atom is -0.482 e. The van der Waals surface area contributed by atoms with Gasteiger partial charge < -0.3 is 30.7 Å². The van der Waals surface area contributed by atoms with E-state index >= 15 is 4.39 Å². The normalized spacial score (nSPS) is 14.0. The molecule has 0 amide bonds. The summed E-state index contributed by atoms with van der Waals surface area (Å²) in [5.74, 6) is 0.0855. The lowest BCUT2D eigenvalue weighted by atomic mass is 10.1. The second-order valence-corrected chi connectivity index (χ2v) is 13.8. The summed E-state index contributed by atoms with van der Waals surface area (Å²) in [7, 11) is 0. The Morgan fingerprint density at radius 3 is 2.09 bits per heavy atom. The molecule has 8 nitrogen and oxygen atoms in total. The van der Waals surface area contributed by atoms with Crippen LogP contribution in [0.25, 0.3) is 22.3 Å². The lowest BCUT2D eigenvalue weighted by Gasteiger charge is -2.29. The highest BCUT2D eigenvalue weighted by atomic mass is 35.5. The summed E-state index contributed by atoms with van der Waals surface area (Å²) >= 11 is 13.4. The van der Waals surface area contributed by atoms with Crippen molar-refractivity contribution >= 4 is 46.2 Å². The Kier molecular flexibility index (Phi) is 11.1. The topological polar surface area (TPSA) is 97.6 Å². The molecule has 1 fully saturated rings. The lowest BCUT2D eigenvalue weighted by molar-refractivity contribution is 0.227. The second kappa shape index (κ2) is 16.3. The van der Waals surface area contributed by atoms with Crippen LogP contribution in [0, 0.1) is 11.6 Å². The first-order valence-corrected chi connectivity index (χ1v) is 18.3. The Hall–Kier alpha value is -5.42. The molecule has 12 heteroatoms. The van der Waals surface area contributed by atoms with Gasteiger partial charge in [-0.2, -0.15) is 0 Å². The molecule has 0 spiro atoms. The Labute approximate surface area is 322 Å². The highest BCUT2D eigenvalue weighted by molar-refractivity contribution is 6.34. The van der Waals surface area contributed by atoms with Gasteiger partial charge in [0.15, 0.2) is 23.1 Å². The molecule has 4 aromatic carbocycles. The molecule has 7 rings (SSSR count). The van der Waals surface area contributed by atoms with E-state index in [1.54, 1.807) is 32.3 Å². The summed E-state index contributed by atoms with van der Waals surface area (Å²) < 4.78 is 42.3. The zero-order valence-corrected chi connectivity index (χ0v) is 31.1. The quantitative estimate of drug-likeness (QED) is 0.120. The maximum Gasteiger partial charge on any atom is 0.173 e. The van der Waals surface area contributed by atoms with E-state index in [0.29, 0.717) is 27.6 Å². The largest absolute Gasteiger partial charge is 0.482 e. The average Bonchev–Trinajstić information content (AvgIpc) is 3.19. The predicted octanol–water partition coefficient (Wildman–Crippen LogP) is 10.4. The number of nitrogens with two attached hydrogens (primary N) is 1. The fourth-order valence-corrected chi connectivity index (χ4v) is 6.95. The first-order valence-electron chi connectivity index (χ1n) is 17.5. The van der Waals surface area contributed by atoms with Crippen molar-refractivity contribution in [3.8, 4) is 33.8 Å². The van der Waals surface area contributed by atoms with E-state index in [9.17, 15) is 4.39 Å². The second-order valence-electron chi connectivity index (χ2n) is 13.0. The van der Waals surface area contributed by atoms with Crippen LogP contribution >= 0.6 is 23.2 Å². The van der Waals surface area contributed by atoms with Gasteiger partial charge in [0.1, 0.15) is 23.8 Å². The highest BCUT2D eigenvalue weighted by Gasteiger charge is 2.22. The van der Waals surface area contributed by atoms with E-state index in [1.807, 2.05) is 48.5 Å². The van der Waals surface area contributed by atoms with Crippen LogP contribution in [0.5, 0.6) is 11.5 Å². The van der Waals surface area contributed by atoms with Crippen molar-refractivity contribution in [3.05, 3.63) is 142 Å². The van der Waals surface area contributed by atoms with Crippen molar-refractivity contribution in [2.45, 2.75) is 26.1 Å². The maximum atomic E-state index is 15.3. The third kappa shape index (κ3) is 8.36. The van der Waals surface area contributed by atoms with Crippen LogP contribution in [0.3, 0.4) is 0 Å². The minimum atomic E-state index is -0.728. The lowest BCUT2D eigenvalue weighted by Crippen LogP contribution is -2.43. The van der Waals surface area contributed by atoms with E-state index in [-0.39, 0.29) is 22.3 Å². The molecule has 1 saturated heterocycles. The van der Waals surface area contributed by atoms with Crippen molar-refractivity contribution in [3.63, 3.8) is 0 Å². The zero-order valence-electron chi connectivity index (χ0n) is 29.6. The molecule has 3 heterocycles. The van der Waals surface area contributed by atoms with E-state index in [4.69, 9.17) is 43.4 Å². The van der Waals surface area contributed by atoms with Gasteiger partial charge in [0.25, 0.3) is 0 Å². The van der Waals surface area contributed by atoms with Gasteiger partial charge in [0, 0.05) is 71.5 Å². The summed E-state index contributed by atoms with van der Waals surface area (Å²) in [4.78, 5) is 11.4. The summed E-state index contributed by atoms with van der Waals surface area (Å²) in [6, 6.07) is 28.2. The molecule has 1 aliphatic heterocycles. The number of anilines is 4. The van der Waals surface area contributed by atoms with Crippen molar-refractivity contribution in [2.75, 3.05) is 42.1 Å². The molecule has 2 aromatic heterocycles. The molecule has 6 aromatic rings. The molecule has 4 N–H and O–H groups in total. The van der Waals surface area contributed by atoms with E-state index in [2.05, 4.69) is 32.7 Å². The van der Waals surface area contributed by atoms with E-state index < -0.39 is 23.8 Å². The Morgan fingerprint density at radius 1 is 0.722 bits per heavy atom. The molecule has 0 radical (unpaired) electrons. The molecule has 0 aliphatic carbocycles. The van der Waals surface area contributed by atoms with Gasteiger partial charge >= 0.3 is 0 Å². The van der Waals surface area contributed by atoms with Crippen molar-refractivity contribution in [1.29, 1.82) is 0 Å². The first kappa shape index (κ1) is 36.9. The van der Waals surface area contributed by atoms with Crippen LogP contribution in [0.1, 0.15) is 37.2 Å². The van der Waals surface area contributed by atoms with Crippen LogP contribution in [0.4, 0.5) is 31.8 Å². The van der Waals surface area contributed by atoms with Crippen LogP contribution in [-0.2, 0) is 0 Å². The van der Waals surface area contributed by atoms with Crippen LogP contribution in [0.15, 0.2) is 109 Å².